The predicted molar refractivity (Wildman–Crippen MR) is 111 cm³/mol. The summed E-state index contributed by atoms with van der Waals surface area (Å²) in [5.41, 5.74) is 3.71. The zero-order valence-electron chi connectivity index (χ0n) is 16.8. The normalized spacial score (nSPS) is 25.6. The lowest BCUT2D eigenvalue weighted by molar-refractivity contribution is -0.175. The minimum atomic E-state index is -1.23. The Bertz CT molecular complexity index is 888. The monoisotopic (exact) mass is 436 g/mol. The van der Waals surface area contributed by atoms with Crippen molar-refractivity contribution < 1.29 is 28.8 Å². The average molecular weight is 437 g/mol. The van der Waals surface area contributed by atoms with E-state index in [1.807, 2.05) is 37.3 Å². The van der Waals surface area contributed by atoms with Crippen molar-refractivity contribution in [2.45, 2.75) is 50.6 Å². The molecule has 2 aromatic carbocycles. The quantitative estimate of drug-likeness (QED) is 0.721. The van der Waals surface area contributed by atoms with E-state index in [2.05, 4.69) is 0 Å². The Balaban J connectivity index is 1.66. The molecule has 2 N–H and O–H groups in total. The van der Waals surface area contributed by atoms with E-state index in [4.69, 9.17) is 25.8 Å². The van der Waals surface area contributed by atoms with E-state index in [1.54, 1.807) is 0 Å². The SMILES string of the molecule is CCOc1ccc(Cc2cc(C3CC(O)[C@H](O)C(CF)O3)c3c(c2Cl)OCC3)cc1. The highest BCUT2D eigenvalue weighted by Gasteiger charge is 2.39. The average Bonchev–Trinajstić information content (AvgIpc) is 3.24. The second kappa shape index (κ2) is 9.10. The number of aliphatic hydroxyl groups excluding tert-OH is 2. The molecular formula is C23H26ClFO5. The summed E-state index contributed by atoms with van der Waals surface area (Å²) in [4.78, 5) is 0. The molecule has 4 rings (SSSR count). The minimum absolute atomic E-state index is 0.189. The second-order valence-corrected chi connectivity index (χ2v) is 8.09. The first-order chi connectivity index (χ1) is 14.5. The summed E-state index contributed by atoms with van der Waals surface area (Å²) in [6.07, 6.45) is -2.42. The van der Waals surface area contributed by atoms with Gasteiger partial charge in [0.25, 0.3) is 0 Å². The fourth-order valence-corrected chi connectivity index (χ4v) is 4.49. The highest BCUT2D eigenvalue weighted by molar-refractivity contribution is 6.33. The van der Waals surface area contributed by atoms with Gasteiger partial charge in [0.1, 0.15) is 30.4 Å². The predicted octanol–water partition coefficient (Wildman–Crippen LogP) is 3.79. The number of fused-ring (bicyclic) bond motifs is 1. The molecular weight excluding hydrogens is 411 g/mol. The van der Waals surface area contributed by atoms with Gasteiger partial charge < -0.3 is 24.4 Å². The Labute approximate surface area is 180 Å². The molecule has 2 aliphatic heterocycles. The standard InChI is InChI=1S/C23H26ClFO5/c1-2-28-15-5-3-13(4-6-15)9-14-10-17(16-7-8-29-23(16)21(14)24)19-11-18(26)22(27)20(12-25)30-19/h3-6,10,18-20,22,26-27H,2,7-9,11-12H2,1H3/t18?,19?,20?,22-/m0/s1. The fourth-order valence-electron chi connectivity index (χ4n) is 4.20. The van der Waals surface area contributed by atoms with Crippen LogP contribution < -0.4 is 9.47 Å². The Kier molecular flexibility index (Phi) is 6.48. The van der Waals surface area contributed by atoms with Crippen molar-refractivity contribution >= 4 is 11.6 Å². The first-order valence-electron chi connectivity index (χ1n) is 10.3. The molecule has 0 saturated carbocycles. The molecule has 0 amide bonds. The summed E-state index contributed by atoms with van der Waals surface area (Å²) in [7, 11) is 0. The third-order valence-corrected chi connectivity index (χ3v) is 6.14. The Hall–Kier alpha value is -1.86. The summed E-state index contributed by atoms with van der Waals surface area (Å²) in [6.45, 7) is 2.20. The molecule has 0 aliphatic carbocycles. The molecule has 1 saturated heterocycles. The molecule has 7 heteroatoms. The molecule has 2 aliphatic rings. The molecule has 0 spiro atoms. The minimum Gasteiger partial charge on any atom is -0.494 e. The van der Waals surface area contributed by atoms with Gasteiger partial charge in [0.15, 0.2) is 0 Å². The van der Waals surface area contributed by atoms with E-state index < -0.39 is 31.1 Å². The number of hydrogen-bond acceptors (Lipinski definition) is 5. The number of rotatable bonds is 6. The Morgan fingerprint density at radius 2 is 2.00 bits per heavy atom. The van der Waals surface area contributed by atoms with E-state index in [0.29, 0.717) is 36.8 Å². The van der Waals surface area contributed by atoms with Crippen molar-refractivity contribution in [3.8, 4) is 11.5 Å². The summed E-state index contributed by atoms with van der Waals surface area (Å²) >= 11 is 6.66. The third-order valence-electron chi connectivity index (χ3n) is 5.73. The fraction of sp³-hybridized carbons (Fsp3) is 0.478. The van der Waals surface area contributed by atoms with Gasteiger partial charge in [0.2, 0.25) is 0 Å². The van der Waals surface area contributed by atoms with Gasteiger partial charge in [-0.25, -0.2) is 4.39 Å². The van der Waals surface area contributed by atoms with Crippen LogP contribution in [0.4, 0.5) is 4.39 Å². The van der Waals surface area contributed by atoms with Gasteiger partial charge in [-0.2, -0.15) is 0 Å². The summed E-state index contributed by atoms with van der Waals surface area (Å²) < 4.78 is 30.4. The molecule has 1 fully saturated rings. The van der Waals surface area contributed by atoms with Gasteiger partial charge in [0, 0.05) is 18.4 Å². The number of benzene rings is 2. The van der Waals surface area contributed by atoms with Gasteiger partial charge in [-0.3, -0.25) is 0 Å². The van der Waals surface area contributed by atoms with Gasteiger partial charge in [-0.05, 0) is 42.2 Å². The van der Waals surface area contributed by atoms with Crippen LogP contribution in [0.25, 0.3) is 0 Å². The number of alkyl halides is 1. The van der Waals surface area contributed by atoms with E-state index >= 15 is 0 Å². The summed E-state index contributed by atoms with van der Waals surface area (Å²) in [5, 5.41) is 20.8. The zero-order chi connectivity index (χ0) is 21.3. The van der Waals surface area contributed by atoms with E-state index in [1.165, 1.54) is 0 Å². The number of halogens is 2. The zero-order valence-corrected chi connectivity index (χ0v) is 17.6. The molecule has 4 atom stereocenters. The summed E-state index contributed by atoms with van der Waals surface area (Å²) in [6, 6.07) is 9.80. The maximum Gasteiger partial charge on any atom is 0.141 e. The van der Waals surface area contributed by atoms with Gasteiger partial charge in [-0.15, -0.1) is 0 Å². The lowest BCUT2D eigenvalue weighted by atomic mass is 9.89. The van der Waals surface area contributed by atoms with Gasteiger partial charge >= 0.3 is 0 Å². The van der Waals surface area contributed by atoms with Crippen LogP contribution in [0.15, 0.2) is 30.3 Å². The van der Waals surface area contributed by atoms with Crippen molar-refractivity contribution in [1.82, 2.24) is 0 Å². The van der Waals surface area contributed by atoms with E-state index in [-0.39, 0.29) is 6.42 Å². The highest BCUT2D eigenvalue weighted by Crippen LogP contribution is 2.44. The first-order valence-corrected chi connectivity index (χ1v) is 10.7. The molecule has 5 nitrogen and oxygen atoms in total. The Morgan fingerprint density at radius 1 is 1.23 bits per heavy atom. The number of aliphatic hydroxyl groups is 2. The van der Waals surface area contributed by atoms with Crippen LogP contribution in [-0.2, 0) is 17.6 Å². The van der Waals surface area contributed by atoms with Gasteiger partial charge in [-0.1, -0.05) is 29.8 Å². The molecule has 2 heterocycles. The maximum absolute atomic E-state index is 13.3. The van der Waals surface area contributed by atoms with Gasteiger partial charge in [0.05, 0.1) is 30.4 Å². The lowest BCUT2D eigenvalue weighted by Crippen LogP contribution is -2.46. The topological polar surface area (TPSA) is 68.2 Å². The lowest BCUT2D eigenvalue weighted by Gasteiger charge is -2.37. The Morgan fingerprint density at radius 3 is 2.70 bits per heavy atom. The second-order valence-electron chi connectivity index (χ2n) is 7.71. The van der Waals surface area contributed by atoms with Crippen molar-refractivity contribution in [2.75, 3.05) is 19.9 Å². The van der Waals surface area contributed by atoms with Crippen molar-refractivity contribution in [3.05, 3.63) is 57.6 Å². The molecule has 3 unspecified atom stereocenters. The van der Waals surface area contributed by atoms with Crippen LogP contribution in [0.5, 0.6) is 11.5 Å². The van der Waals surface area contributed by atoms with Crippen LogP contribution >= 0.6 is 11.6 Å². The van der Waals surface area contributed by atoms with Crippen LogP contribution in [-0.4, -0.2) is 48.4 Å². The molecule has 162 valence electrons. The first kappa shape index (κ1) is 21.4. The third kappa shape index (κ3) is 4.14. The molecule has 0 bridgehead atoms. The van der Waals surface area contributed by atoms with E-state index in [9.17, 15) is 14.6 Å². The molecule has 30 heavy (non-hydrogen) atoms. The largest absolute Gasteiger partial charge is 0.494 e. The number of hydrogen-bond donors (Lipinski definition) is 2. The summed E-state index contributed by atoms with van der Waals surface area (Å²) in [5.74, 6) is 1.45. The van der Waals surface area contributed by atoms with Crippen molar-refractivity contribution in [2.24, 2.45) is 0 Å². The molecule has 0 radical (unpaired) electrons. The van der Waals surface area contributed by atoms with Crippen molar-refractivity contribution in [1.29, 1.82) is 0 Å². The molecule has 2 aromatic rings. The smallest absolute Gasteiger partial charge is 0.141 e. The maximum atomic E-state index is 13.3. The van der Waals surface area contributed by atoms with E-state index in [0.717, 1.165) is 28.0 Å². The van der Waals surface area contributed by atoms with Crippen LogP contribution in [0.1, 0.15) is 41.7 Å². The van der Waals surface area contributed by atoms with Crippen LogP contribution in [0, 0.1) is 0 Å². The van der Waals surface area contributed by atoms with Crippen molar-refractivity contribution in [3.63, 3.8) is 0 Å². The number of ether oxygens (including phenoxy) is 3. The highest BCUT2D eigenvalue weighted by atomic mass is 35.5. The molecule has 0 aromatic heterocycles. The van der Waals surface area contributed by atoms with Crippen LogP contribution in [0.3, 0.4) is 0 Å². The van der Waals surface area contributed by atoms with Crippen LogP contribution in [0.2, 0.25) is 5.02 Å².